The van der Waals surface area contributed by atoms with Crippen LogP contribution in [-0.4, -0.2) is 79.2 Å². The van der Waals surface area contributed by atoms with E-state index >= 15 is 0 Å². The van der Waals surface area contributed by atoms with Crippen LogP contribution in [-0.2, 0) is 0 Å². The van der Waals surface area contributed by atoms with E-state index in [4.69, 9.17) is 65.2 Å². The Kier molecular flexibility index (Phi) is 22.0. The van der Waals surface area contributed by atoms with Crippen LogP contribution in [0.1, 0.15) is 146 Å². The fourth-order valence-corrected chi connectivity index (χ4v) is 17.6. The van der Waals surface area contributed by atoms with Crippen LogP contribution in [0.5, 0.6) is 46.0 Å². The van der Waals surface area contributed by atoms with Gasteiger partial charge in [-0.15, -0.1) is 11.3 Å². The maximum Gasteiger partial charge on any atom is 0.269 e. The van der Waals surface area contributed by atoms with E-state index in [9.17, 15) is 25.3 Å². The summed E-state index contributed by atoms with van der Waals surface area (Å²) in [5, 5.41) is 63.3. The predicted molar refractivity (Wildman–Crippen MR) is 459 cm³/mol. The van der Waals surface area contributed by atoms with Crippen LogP contribution in [0.4, 0.5) is 11.4 Å². The Morgan fingerprint density at radius 1 is 0.410 bits per heavy atom. The zero-order valence-corrected chi connectivity index (χ0v) is 69.4. The summed E-state index contributed by atoms with van der Waals surface area (Å²) in [7, 11) is 4.93. The normalized spacial score (nSPS) is 19.7. The van der Waals surface area contributed by atoms with Gasteiger partial charge in [0.25, 0.3) is 11.4 Å². The van der Waals surface area contributed by atoms with Gasteiger partial charge in [-0.25, -0.2) is 20.0 Å². The molecule has 0 spiro atoms. The second kappa shape index (κ2) is 33.3. The first-order valence-corrected chi connectivity index (χ1v) is 41.1. The van der Waals surface area contributed by atoms with Gasteiger partial charge in [-0.1, -0.05) is 150 Å². The number of hydrogen-bond acceptors (Lipinski definition) is 21. The molecule has 11 aromatic carbocycles. The molecule has 12 aromatic rings. The zero-order chi connectivity index (χ0) is 80.7. The highest BCUT2D eigenvalue weighted by atomic mass is 79.9. The van der Waals surface area contributed by atoms with Crippen LogP contribution in [0.3, 0.4) is 0 Å². The number of non-ortho nitro benzene ring substituents is 2. The van der Waals surface area contributed by atoms with Crippen molar-refractivity contribution in [2.45, 2.75) is 81.7 Å². The number of para-hydroxylation sites is 1. The first kappa shape index (κ1) is 77.5. The van der Waals surface area contributed by atoms with Gasteiger partial charge >= 0.3 is 0 Å². The summed E-state index contributed by atoms with van der Waals surface area (Å²) in [4.78, 5) is 22.9. The number of nitro benzene ring substituents is 2. The number of rotatable bonds is 13. The van der Waals surface area contributed by atoms with E-state index in [1.807, 2.05) is 167 Å². The van der Waals surface area contributed by atoms with Gasteiger partial charge in [0.15, 0.2) is 0 Å². The predicted octanol–water partition coefficient (Wildman–Crippen LogP) is 22.6. The monoisotopic (exact) mass is 1790 g/mol. The lowest BCUT2D eigenvalue weighted by molar-refractivity contribution is -0.385. The van der Waals surface area contributed by atoms with Crippen molar-refractivity contribution in [2.24, 2.45) is 20.4 Å². The van der Waals surface area contributed by atoms with Crippen molar-refractivity contribution >= 4 is 105 Å². The first-order valence-electron chi connectivity index (χ1n) is 37.5. The summed E-state index contributed by atoms with van der Waals surface area (Å²) >= 11 is 18.4. The van der Waals surface area contributed by atoms with Crippen molar-refractivity contribution in [3.8, 4) is 46.0 Å². The summed E-state index contributed by atoms with van der Waals surface area (Å²) in [6.07, 6.45) is 1.15. The van der Waals surface area contributed by atoms with Crippen molar-refractivity contribution < 1.29 is 48.1 Å². The summed E-state index contributed by atoms with van der Waals surface area (Å²) in [6.45, 7) is 2.09. The molecule has 27 heteroatoms. The quantitative estimate of drug-likeness (QED) is 0.0835. The summed E-state index contributed by atoms with van der Waals surface area (Å²) in [6, 6.07) is 80.5. The Morgan fingerprint density at radius 3 is 1.26 bits per heavy atom. The van der Waals surface area contributed by atoms with Crippen LogP contribution in [0, 0.1) is 27.2 Å². The van der Waals surface area contributed by atoms with Crippen molar-refractivity contribution in [1.82, 2.24) is 20.0 Å². The molecule has 0 bridgehead atoms. The topological polar surface area (TPSA) is 234 Å². The Labute approximate surface area is 707 Å². The number of fused-ring (bicyclic) bond motifs is 12. The molecule has 0 aliphatic carbocycles. The molecular weight excluding hydrogens is 1720 g/mol. The Hall–Kier alpha value is -12.1. The number of nitro groups is 2. The average molecular weight is 1790 g/mol. The Balaban J connectivity index is 0.000000112. The molecule has 0 saturated heterocycles. The fraction of sp³-hybridized carbons (Fsp3) is 0.178. The number of hydrogen-bond donors (Lipinski definition) is 1. The maximum absolute atomic E-state index is 11.3. The number of phenolic OH excluding ortho intramolecular Hbond substituents is 1. The molecule has 0 saturated carbocycles. The Bertz CT molecular complexity index is 5910. The zero-order valence-electron chi connectivity index (χ0n) is 63.1. The van der Waals surface area contributed by atoms with E-state index in [2.05, 4.69) is 120 Å². The Morgan fingerprint density at radius 2 is 0.812 bits per heavy atom. The van der Waals surface area contributed by atoms with E-state index in [-0.39, 0.29) is 47.5 Å². The number of hydrazone groups is 4. The molecule has 1 aromatic heterocycles. The van der Waals surface area contributed by atoms with E-state index in [0.717, 1.165) is 133 Å². The van der Waals surface area contributed by atoms with Gasteiger partial charge in [0.1, 0.15) is 46.0 Å². The van der Waals surface area contributed by atoms with Gasteiger partial charge < -0.3 is 38.3 Å². The summed E-state index contributed by atoms with van der Waals surface area (Å²) < 4.78 is 44.1. The molecule has 0 amide bonds. The molecule has 8 atom stereocenters. The molecule has 0 fully saturated rings. The van der Waals surface area contributed by atoms with E-state index in [1.54, 1.807) is 69.1 Å². The highest BCUT2D eigenvalue weighted by molar-refractivity contribution is 9.11. The highest BCUT2D eigenvalue weighted by Gasteiger charge is 2.46. The first-order chi connectivity index (χ1) is 56.9. The van der Waals surface area contributed by atoms with Gasteiger partial charge in [-0.2, -0.15) is 20.4 Å². The second-order valence-corrected chi connectivity index (χ2v) is 32.7. The van der Waals surface area contributed by atoms with Crippen LogP contribution in [0.2, 0.25) is 5.02 Å². The molecule has 117 heavy (non-hydrogen) atoms. The lowest BCUT2D eigenvalue weighted by Gasteiger charge is -2.38. The molecule has 22 nitrogen and oxygen atoms in total. The third-order valence-electron chi connectivity index (χ3n) is 21.4. The number of nitrogens with zero attached hydrogens (tertiary/aromatic N) is 10. The molecule has 20 rings (SSSR count). The molecule has 8 aliphatic heterocycles. The van der Waals surface area contributed by atoms with E-state index in [1.165, 1.54) is 17.7 Å². The van der Waals surface area contributed by atoms with Crippen LogP contribution < -0.4 is 33.2 Å². The molecule has 1 N–H and O–H groups in total. The standard InChI is InChI=1S/C24H21BrN2O2.C23H18BrN3O4.C22H15BrClN3O3.C21H18N2O3S/c1-15-3-5-17(6-4-15)24-27-22(20-13-18(25)9-12-23(20)29-24)14-21(26-27)16-7-10-19(28-2)11-8-16;1-30-18-8-5-14(6-9-18)20-13-21-19-12-16(24)7-10-22(19)31-23(26(21)25-20)15-3-2-4-17(11-15)27(28)29;23-15-6-9-21-18(11-15)20-12-19(13-4-7-16(24)8-5-13)25-26(20)22(30-21)14-2-1-3-17(10-14)27(28)29;1-25-13-8-9-18(24)15(11-13)21-23-17(14-5-2-3-6-19(14)26-21)12-16(22-23)20-7-4-10-27-20/h3-13,22,24H,14H2,1-2H3;2-12,21,23H,13H2,1H3;1-11,20,22H,12H2;2-11,17,21,24H,12H2,1H3. The number of ether oxygens (including phenoxy) is 7. The molecule has 8 aliphatic rings. The van der Waals surface area contributed by atoms with Crippen molar-refractivity contribution in [3.05, 3.63) is 370 Å². The fourth-order valence-electron chi connectivity index (χ4n) is 15.6. The lowest BCUT2D eigenvalue weighted by Crippen LogP contribution is -2.33. The maximum atomic E-state index is 11.3. The van der Waals surface area contributed by atoms with Crippen LogP contribution >= 0.6 is 70.7 Å². The molecule has 0 radical (unpaired) electrons. The average Bonchev–Trinajstić information content (AvgIpc) is 1.62. The number of methoxy groups -OCH3 is 3. The van der Waals surface area contributed by atoms with Crippen molar-refractivity contribution in [3.63, 3.8) is 0 Å². The summed E-state index contributed by atoms with van der Waals surface area (Å²) in [5.41, 5.74) is 15.8. The highest BCUT2D eigenvalue weighted by Crippen LogP contribution is 2.54. The molecule has 8 unspecified atom stereocenters. The van der Waals surface area contributed by atoms with Crippen LogP contribution in [0.15, 0.2) is 294 Å². The molecule has 9 heterocycles. The molecule has 588 valence electrons. The number of phenols is 1. The largest absolute Gasteiger partial charge is 0.507 e. The third kappa shape index (κ3) is 16.0. The van der Waals surface area contributed by atoms with Crippen molar-refractivity contribution in [2.75, 3.05) is 21.3 Å². The minimum Gasteiger partial charge on any atom is -0.507 e. The van der Waals surface area contributed by atoms with Gasteiger partial charge in [0, 0.05) is 107 Å². The van der Waals surface area contributed by atoms with E-state index in [0.29, 0.717) is 40.3 Å². The lowest BCUT2D eigenvalue weighted by atomic mass is 9.96. The number of aryl methyl sites for hydroxylation is 1. The number of aromatic hydroxyl groups is 1. The smallest absolute Gasteiger partial charge is 0.269 e. The van der Waals surface area contributed by atoms with Gasteiger partial charge in [0.05, 0.1) is 88.6 Å². The number of benzene rings is 11. The minimum atomic E-state index is -0.562. The molecular formula is C90H72Br3ClN10O12S. The van der Waals surface area contributed by atoms with Crippen LogP contribution in [0.25, 0.3) is 0 Å². The third-order valence-corrected chi connectivity index (χ3v) is 24.0. The summed E-state index contributed by atoms with van der Waals surface area (Å²) in [5.74, 6) is 5.73. The number of thiophene rings is 1. The van der Waals surface area contributed by atoms with Gasteiger partial charge in [-0.3, -0.25) is 20.2 Å². The van der Waals surface area contributed by atoms with E-state index < -0.39 is 28.5 Å². The van der Waals surface area contributed by atoms with Crippen molar-refractivity contribution in [1.29, 1.82) is 0 Å². The second-order valence-electron chi connectivity index (χ2n) is 28.5. The number of halogens is 4. The SMILES string of the molecule is COc1ccc(C2=NN3C(C2)c2cc(Br)ccc2OC3c2ccc(C)cc2)cc1.COc1ccc(C2=NN3C(C2)c2cc(Br)ccc2OC3c2cccc([N+](=O)[O-])c2)cc1.COc1ccc(O)c(C2Oc3ccccc3C3CC(c4cccs4)=NN32)c1.O=[N+]([O-])c1cccc(C2Oc3ccc(Br)cc3C3CC(c4ccc(Cl)cc4)=NN32)c1. The van der Waals surface area contributed by atoms with Gasteiger partial charge in [-0.05, 0) is 175 Å². The minimum absolute atomic E-state index is 0.0235. The van der Waals surface area contributed by atoms with Gasteiger partial charge in [0.2, 0.25) is 24.9 Å².